The zero-order chi connectivity index (χ0) is 10.8. The maximum Gasteiger partial charge on any atom is 0.306 e. The Morgan fingerprint density at radius 2 is 2.33 bits per heavy atom. The van der Waals surface area contributed by atoms with Crippen LogP contribution in [-0.4, -0.2) is 13.1 Å². The number of benzene rings is 1. The summed E-state index contributed by atoms with van der Waals surface area (Å²) in [5, 5.41) is 0. The van der Waals surface area contributed by atoms with Crippen molar-refractivity contribution in [1.82, 2.24) is 0 Å². The Labute approximate surface area is 86.8 Å². The van der Waals surface area contributed by atoms with Gasteiger partial charge in [-0.25, -0.2) is 4.39 Å². The van der Waals surface area contributed by atoms with Gasteiger partial charge in [0.15, 0.2) is 0 Å². The highest BCUT2D eigenvalue weighted by molar-refractivity contribution is 5.72. The summed E-state index contributed by atoms with van der Waals surface area (Å²) >= 11 is 0. The summed E-state index contributed by atoms with van der Waals surface area (Å²) in [5.74, 6) is -0.152. The van der Waals surface area contributed by atoms with E-state index >= 15 is 0 Å². The maximum absolute atomic E-state index is 12.9. The largest absolute Gasteiger partial charge is 0.496 e. The van der Waals surface area contributed by atoms with Gasteiger partial charge >= 0.3 is 5.97 Å². The van der Waals surface area contributed by atoms with Crippen LogP contribution >= 0.6 is 0 Å². The monoisotopic (exact) mass is 210 g/mol. The molecule has 2 rings (SSSR count). The van der Waals surface area contributed by atoms with Gasteiger partial charge in [-0.2, -0.15) is 0 Å². The molecule has 0 spiro atoms. The van der Waals surface area contributed by atoms with Gasteiger partial charge in [0.25, 0.3) is 0 Å². The Morgan fingerprint density at radius 3 is 2.93 bits per heavy atom. The molecule has 1 atom stereocenters. The predicted molar refractivity (Wildman–Crippen MR) is 51.0 cm³/mol. The second kappa shape index (κ2) is 3.88. The molecule has 0 aliphatic carbocycles. The van der Waals surface area contributed by atoms with Crippen LogP contribution in [0.15, 0.2) is 18.2 Å². The average Bonchev–Trinajstić information content (AvgIpc) is 2.64. The first kappa shape index (κ1) is 9.96. The van der Waals surface area contributed by atoms with Crippen molar-refractivity contribution >= 4 is 5.97 Å². The second-order valence-corrected chi connectivity index (χ2v) is 3.40. The van der Waals surface area contributed by atoms with Gasteiger partial charge in [-0.15, -0.1) is 0 Å². The number of halogens is 1. The topological polar surface area (TPSA) is 35.5 Å². The van der Waals surface area contributed by atoms with E-state index in [1.807, 2.05) is 0 Å². The minimum absolute atomic E-state index is 0.216. The van der Waals surface area contributed by atoms with E-state index in [9.17, 15) is 9.18 Å². The maximum atomic E-state index is 12.9. The summed E-state index contributed by atoms with van der Waals surface area (Å²) < 4.78 is 23.0. The van der Waals surface area contributed by atoms with Crippen molar-refractivity contribution in [2.75, 3.05) is 7.11 Å². The van der Waals surface area contributed by atoms with Crippen molar-refractivity contribution < 1.29 is 18.7 Å². The lowest BCUT2D eigenvalue weighted by atomic mass is 10.1. The smallest absolute Gasteiger partial charge is 0.306 e. The van der Waals surface area contributed by atoms with E-state index in [0.29, 0.717) is 18.6 Å². The molecule has 0 bridgehead atoms. The van der Waals surface area contributed by atoms with Gasteiger partial charge in [0.1, 0.15) is 17.7 Å². The quantitative estimate of drug-likeness (QED) is 0.702. The van der Waals surface area contributed by atoms with Gasteiger partial charge in [-0.1, -0.05) is 0 Å². The van der Waals surface area contributed by atoms with Crippen LogP contribution in [-0.2, 0) is 9.53 Å². The molecule has 1 saturated heterocycles. The van der Waals surface area contributed by atoms with Gasteiger partial charge < -0.3 is 9.47 Å². The third-order valence-corrected chi connectivity index (χ3v) is 2.43. The van der Waals surface area contributed by atoms with E-state index in [0.717, 1.165) is 5.56 Å². The van der Waals surface area contributed by atoms with E-state index in [4.69, 9.17) is 9.47 Å². The summed E-state index contributed by atoms with van der Waals surface area (Å²) in [6.07, 6.45) is 0.736. The molecular formula is C11H11FO3. The lowest BCUT2D eigenvalue weighted by Gasteiger charge is -2.13. The van der Waals surface area contributed by atoms with Gasteiger partial charge in [-0.3, -0.25) is 4.79 Å². The van der Waals surface area contributed by atoms with Crippen LogP contribution in [0, 0.1) is 5.82 Å². The molecule has 1 aromatic carbocycles. The van der Waals surface area contributed by atoms with Gasteiger partial charge in [-0.05, 0) is 18.6 Å². The number of carbonyl (C=O) groups is 1. The van der Waals surface area contributed by atoms with Crippen molar-refractivity contribution in [3.8, 4) is 5.75 Å². The highest BCUT2D eigenvalue weighted by Gasteiger charge is 2.27. The SMILES string of the molecule is COc1cc(F)ccc1C1CCC(=O)O1. The van der Waals surface area contributed by atoms with Crippen molar-refractivity contribution in [1.29, 1.82) is 0 Å². The van der Waals surface area contributed by atoms with Gasteiger partial charge in [0.05, 0.1) is 7.11 Å². The molecule has 1 aliphatic heterocycles. The number of cyclic esters (lactones) is 1. The van der Waals surface area contributed by atoms with Crippen LogP contribution in [0.2, 0.25) is 0 Å². The molecular weight excluding hydrogens is 199 g/mol. The fourth-order valence-corrected chi connectivity index (χ4v) is 1.70. The van der Waals surface area contributed by atoms with E-state index in [-0.39, 0.29) is 17.9 Å². The Kier molecular flexibility index (Phi) is 2.58. The molecule has 0 amide bonds. The summed E-state index contributed by atoms with van der Waals surface area (Å²) in [4.78, 5) is 11.0. The Bertz CT molecular complexity index is 389. The van der Waals surface area contributed by atoms with Gasteiger partial charge in [0, 0.05) is 18.1 Å². The molecule has 15 heavy (non-hydrogen) atoms. The van der Waals surface area contributed by atoms with Crippen LogP contribution in [0.5, 0.6) is 5.75 Å². The lowest BCUT2D eigenvalue weighted by Crippen LogP contribution is -2.01. The zero-order valence-corrected chi connectivity index (χ0v) is 8.33. The first-order valence-electron chi connectivity index (χ1n) is 4.73. The van der Waals surface area contributed by atoms with Gasteiger partial charge in [0.2, 0.25) is 0 Å². The molecule has 1 aliphatic rings. The highest BCUT2D eigenvalue weighted by atomic mass is 19.1. The third-order valence-electron chi connectivity index (χ3n) is 2.43. The fourth-order valence-electron chi connectivity index (χ4n) is 1.70. The molecule has 1 fully saturated rings. The number of esters is 1. The number of hydrogen-bond donors (Lipinski definition) is 0. The van der Waals surface area contributed by atoms with Crippen molar-refractivity contribution in [2.24, 2.45) is 0 Å². The zero-order valence-electron chi connectivity index (χ0n) is 8.33. The lowest BCUT2D eigenvalue weighted by molar-refractivity contribution is -0.141. The standard InChI is InChI=1S/C11H11FO3/c1-14-10-6-7(12)2-3-8(10)9-4-5-11(13)15-9/h2-3,6,9H,4-5H2,1H3. The van der Waals surface area contributed by atoms with Crippen molar-refractivity contribution in [2.45, 2.75) is 18.9 Å². The summed E-state index contributed by atoms with van der Waals surface area (Å²) in [5.41, 5.74) is 0.727. The number of ether oxygens (including phenoxy) is 2. The van der Waals surface area contributed by atoms with E-state index < -0.39 is 0 Å². The van der Waals surface area contributed by atoms with Crippen LogP contribution in [0.1, 0.15) is 24.5 Å². The molecule has 0 N–H and O–H groups in total. The molecule has 3 nitrogen and oxygen atoms in total. The molecule has 4 heteroatoms. The van der Waals surface area contributed by atoms with E-state index in [1.54, 1.807) is 6.07 Å². The third kappa shape index (κ3) is 1.93. The molecule has 80 valence electrons. The Hall–Kier alpha value is -1.58. The van der Waals surface area contributed by atoms with Crippen LogP contribution in [0.4, 0.5) is 4.39 Å². The van der Waals surface area contributed by atoms with E-state index in [1.165, 1.54) is 19.2 Å². The Morgan fingerprint density at radius 1 is 1.53 bits per heavy atom. The summed E-state index contributed by atoms with van der Waals surface area (Å²) in [7, 11) is 1.47. The number of carbonyl (C=O) groups excluding carboxylic acids is 1. The van der Waals surface area contributed by atoms with Crippen molar-refractivity contribution in [3.05, 3.63) is 29.6 Å². The van der Waals surface area contributed by atoms with E-state index in [2.05, 4.69) is 0 Å². The minimum atomic E-state index is -0.361. The number of methoxy groups -OCH3 is 1. The first-order valence-corrected chi connectivity index (χ1v) is 4.73. The summed E-state index contributed by atoms with van der Waals surface area (Å²) in [6, 6.07) is 4.23. The first-order chi connectivity index (χ1) is 7.20. The molecule has 1 aromatic rings. The molecule has 1 heterocycles. The second-order valence-electron chi connectivity index (χ2n) is 3.40. The number of rotatable bonds is 2. The molecule has 1 unspecified atom stereocenters. The predicted octanol–water partition coefficient (Wildman–Crippen LogP) is 2.21. The normalized spacial score (nSPS) is 20.1. The van der Waals surface area contributed by atoms with Crippen LogP contribution in [0.25, 0.3) is 0 Å². The van der Waals surface area contributed by atoms with Crippen molar-refractivity contribution in [3.63, 3.8) is 0 Å². The summed E-state index contributed by atoms with van der Waals surface area (Å²) in [6.45, 7) is 0. The molecule has 0 saturated carbocycles. The average molecular weight is 210 g/mol. The fraction of sp³-hybridized carbons (Fsp3) is 0.364. The Balaban J connectivity index is 2.31. The van der Waals surface area contributed by atoms with Crippen LogP contribution in [0.3, 0.4) is 0 Å². The molecule has 0 aromatic heterocycles. The highest BCUT2D eigenvalue weighted by Crippen LogP contribution is 2.35. The van der Waals surface area contributed by atoms with Crippen LogP contribution < -0.4 is 4.74 Å². The minimum Gasteiger partial charge on any atom is -0.496 e. The molecule has 0 radical (unpaired) electrons. The number of hydrogen-bond acceptors (Lipinski definition) is 3.